The van der Waals surface area contributed by atoms with Crippen LogP contribution in [0.1, 0.15) is 18.4 Å². The number of hydrogen-bond donors (Lipinski definition) is 2. The summed E-state index contributed by atoms with van der Waals surface area (Å²) in [5.74, 6) is 0.227. The number of hydrogen-bond acceptors (Lipinski definition) is 4. The number of ether oxygens (including phenoxy) is 1. The fourth-order valence-corrected chi connectivity index (χ4v) is 3.92. The summed E-state index contributed by atoms with van der Waals surface area (Å²) in [6, 6.07) is 6.17. The van der Waals surface area contributed by atoms with Gasteiger partial charge in [-0.2, -0.15) is 0 Å². The molecule has 25 heavy (non-hydrogen) atoms. The molecule has 0 spiro atoms. The quantitative estimate of drug-likeness (QED) is 0.377. The lowest BCUT2D eigenvalue weighted by atomic mass is 9.99. The molecule has 1 saturated heterocycles. The highest BCUT2D eigenvalue weighted by atomic mass is 127. The van der Waals surface area contributed by atoms with E-state index in [1.807, 2.05) is 0 Å². The number of rotatable bonds is 5. The van der Waals surface area contributed by atoms with Crippen molar-refractivity contribution < 1.29 is 17.5 Å². The first-order chi connectivity index (χ1) is 11.4. The fourth-order valence-electron chi connectivity index (χ4n) is 2.68. The summed E-state index contributed by atoms with van der Waals surface area (Å²) in [6.07, 6.45) is 2.20. The van der Waals surface area contributed by atoms with E-state index in [0.29, 0.717) is 38.6 Å². The van der Waals surface area contributed by atoms with Crippen molar-refractivity contribution in [3.8, 4) is 0 Å². The zero-order chi connectivity index (χ0) is 17.6. The molecule has 1 aromatic rings. The Morgan fingerprint density at radius 1 is 1.24 bits per heavy atom. The summed E-state index contributed by atoms with van der Waals surface area (Å²) in [5, 5.41) is 6.20. The molecule has 0 unspecified atom stereocenters. The first-order valence-electron chi connectivity index (χ1n) is 7.83. The van der Waals surface area contributed by atoms with Gasteiger partial charge in [-0.1, -0.05) is 12.1 Å². The van der Waals surface area contributed by atoms with E-state index in [-0.39, 0.29) is 36.3 Å². The molecule has 0 radical (unpaired) electrons. The predicted octanol–water partition coefficient (Wildman–Crippen LogP) is 1.70. The minimum absolute atomic E-state index is 0. The number of nitrogens with zero attached hydrogens (tertiary/aromatic N) is 1. The van der Waals surface area contributed by atoms with Gasteiger partial charge in [-0.25, -0.2) is 12.8 Å². The van der Waals surface area contributed by atoms with Crippen LogP contribution in [-0.2, 0) is 21.1 Å². The minimum Gasteiger partial charge on any atom is -0.381 e. The summed E-state index contributed by atoms with van der Waals surface area (Å²) in [6.45, 7) is 1.62. The molecule has 0 saturated carbocycles. The highest BCUT2D eigenvalue weighted by molar-refractivity contribution is 14.0. The monoisotopic (exact) mass is 485 g/mol. The van der Waals surface area contributed by atoms with E-state index in [4.69, 9.17) is 4.74 Å². The lowest BCUT2D eigenvalue weighted by molar-refractivity contribution is 0.0756. The Hall–Kier alpha value is -0.940. The molecule has 1 aliphatic heterocycles. The molecular formula is C16H25FIN3O3S. The van der Waals surface area contributed by atoms with Gasteiger partial charge in [0.05, 0.1) is 4.75 Å². The van der Waals surface area contributed by atoms with Crippen LogP contribution in [0.25, 0.3) is 0 Å². The molecular weight excluding hydrogens is 460 g/mol. The maximum Gasteiger partial charge on any atom is 0.191 e. The van der Waals surface area contributed by atoms with Crippen LogP contribution in [0.3, 0.4) is 0 Å². The smallest absolute Gasteiger partial charge is 0.191 e. The van der Waals surface area contributed by atoms with Gasteiger partial charge in [0, 0.05) is 39.6 Å². The summed E-state index contributed by atoms with van der Waals surface area (Å²) < 4.78 is 41.8. The number of nitrogens with one attached hydrogen (secondary N) is 2. The first kappa shape index (κ1) is 22.1. The minimum atomic E-state index is -3.23. The van der Waals surface area contributed by atoms with Gasteiger partial charge in [0.25, 0.3) is 0 Å². The van der Waals surface area contributed by atoms with Gasteiger partial charge in [-0.05, 0) is 30.5 Å². The molecule has 0 aliphatic carbocycles. The van der Waals surface area contributed by atoms with Crippen molar-refractivity contribution in [2.24, 2.45) is 4.99 Å². The second kappa shape index (κ2) is 9.67. The fraction of sp³-hybridized carbons (Fsp3) is 0.562. The maximum atomic E-state index is 12.9. The molecule has 0 aromatic heterocycles. The third-order valence-corrected chi connectivity index (χ3v) is 6.49. The molecule has 0 amide bonds. The molecule has 1 heterocycles. The van der Waals surface area contributed by atoms with E-state index in [2.05, 4.69) is 15.6 Å². The van der Waals surface area contributed by atoms with E-state index in [0.717, 1.165) is 5.56 Å². The Kier molecular flexibility index (Phi) is 8.55. The first-order valence-corrected chi connectivity index (χ1v) is 9.72. The summed E-state index contributed by atoms with van der Waals surface area (Å²) in [7, 11) is -1.61. The van der Waals surface area contributed by atoms with Crippen molar-refractivity contribution >= 4 is 39.8 Å². The number of halogens is 2. The standard InChI is InChI=1S/C16H24FN3O3S.HI/c1-18-15(19-11-13-3-5-14(17)6-4-13)20-12-16(24(2,21)22)7-9-23-10-8-16;/h3-6H,7-12H2,1-2H3,(H2,18,19,20);1H. The van der Waals surface area contributed by atoms with Crippen molar-refractivity contribution in [3.63, 3.8) is 0 Å². The largest absolute Gasteiger partial charge is 0.381 e. The van der Waals surface area contributed by atoms with Crippen molar-refractivity contribution in [3.05, 3.63) is 35.6 Å². The number of guanidine groups is 1. The molecule has 1 fully saturated rings. The van der Waals surface area contributed by atoms with Crippen LogP contribution in [0.4, 0.5) is 4.39 Å². The zero-order valence-electron chi connectivity index (χ0n) is 14.4. The van der Waals surface area contributed by atoms with Crippen LogP contribution in [0, 0.1) is 5.82 Å². The normalized spacial score (nSPS) is 17.5. The van der Waals surface area contributed by atoms with Gasteiger partial charge in [0.15, 0.2) is 15.8 Å². The third kappa shape index (κ3) is 6.07. The number of sulfone groups is 1. The predicted molar refractivity (Wildman–Crippen MR) is 108 cm³/mol. The van der Waals surface area contributed by atoms with Gasteiger partial charge in [0.1, 0.15) is 5.82 Å². The van der Waals surface area contributed by atoms with Crippen molar-refractivity contribution in [2.75, 3.05) is 33.1 Å². The van der Waals surface area contributed by atoms with Gasteiger partial charge in [0.2, 0.25) is 0 Å². The van der Waals surface area contributed by atoms with Crippen LogP contribution >= 0.6 is 24.0 Å². The summed E-state index contributed by atoms with van der Waals surface area (Å²) in [5.41, 5.74) is 0.906. The Morgan fingerprint density at radius 2 is 1.84 bits per heavy atom. The van der Waals surface area contributed by atoms with E-state index in [1.165, 1.54) is 18.4 Å². The van der Waals surface area contributed by atoms with Gasteiger partial charge in [-0.15, -0.1) is 24.0 Å². The average molecular weight is 485 g/mol. The van der Waals surface area contributed by atoms with Crippen LogP contribution in [0.15, 0.2) is 29.3 Å². The molecule has 9 heteroatoms. The van der Waals surface area contributed by atoms with Crippen LogP contribution in [-0.4, -0.2) is 52.2 Å². The Labute approximate surface area is 165 Å². The van der Waals surface area contributed by atoms with Gasteiger partial charge < -0.3 is 15.4 Å². The van der Waals surface area contributed by atoms with E-state index < -0.39 is 14.6 Å². The van der Waals surface area contributed by atoms with E-state index >= 15 is 0 Å². The topological polar surface area (TPSA) is 79.8 Å². The molecule has 1 aromatic carbocycles. The Bertz CT molecular complexity index is 674. The molecule has 2 rings (SSSR count). The Morgan fingerprint density at radius 3 is 2.36 bits per heavy atom. The molecule has 142 valence electrons. The van der Waals surface area contributed by atoms with Gasteiger partial charge >= 0.3 is 0 Å². The SMILES string of the molecule is CN=C(NCc1ccc(F)cc1)NCC1(S(C)(=O)=O)CCOCC1.I. The van der Waals surface area contributed by atoms with Crippen LogP contribution in [0.5, 0.6) is 0 Å². The lowest BCUT2D eigenvalue weighted by Crippen LogP contribution is -2.53. The van der Waals surface area contributed by atoms with Crippen molar-refractivity contribution in [1.29, 1.82) is 0 Å². The molecule has 6 nitrogen and oxygen atoms in total. The molecule has 0 atom stereocenters. The van der Waals surface area contributed by atoms with Crippen molar-refractivity contribution in [2.45, 2.75) is 24.1 Å². The second-order valence-electron chi connectivity index (χ2n) is 5.97. The second-order valence-corrected chi connectivity index (χ2v) is 8.38. The number of aliphatic imine (C=N–C) groups is 1. The summed E-state index contributed by atoms with van der Waals surface area (Å²) >= 11 is 0. The Balaban J connectivity index is 0.00000312. The average Bonchev–Trinajstić information content (AvgIpc) is 2.56. The maximum absolute atomic E-state index is 12.9. The number of benzene rings is 1. The highest BCUT2D eigenvalue weighted by Crippen LogP contribution is 2.28. The van der Waals surface area contributed by atoms with Gasteiger partial charge in [-0.3, -0.25) is 4.99 Å². The zero-order valence-corrected chi connectivity index (χ0v) is 17.6. The van der Waals surface area contributed by atoms with E-state index in [1.54, 1.807) is 19.2 Å². The molecule has 2 N–H and O–H groups in total. The summed E-state index contributed by atoms with van der Waals surface area (Å²) in [4.78, 5) is 4.11. The lowest BCUT2D eigenvalue weighted by Gasteiger charge is -2.35. The van der Waals surface area contributed by atoms with Crippen molar-refractivity contribution in [1.82, 2.24) is 10.6 Å². The van der Waals surface area contributed by atoms with Crippen LogP contribution in [0.2, 0.25) is 0 Å². The molecule has 1 aliphatic rings. The highest BCUT2D eigenvalue weighted by Gasteiger charge is 2.42. The molecule has 0 bridgehead atoms. The third-order valence-electron chi connectivity index (χ3n) is 4.37. The van der Waals surface area contributed by atoms with E-state index in [9.17, 15) is 12.8 Å². The van der Waals surface area contributed by atoms with Crippen LogP contribution < -0.4 is 10.6 Å².